The zero-order chi connectivity index (χ0) is 45.1. The van der Waals surface area contributed by atoms with Crippen molar-refractivity contribution in [3.8, 4) is 0 Å². The van der Waals surface area contributed by atoms with E-state index in [4.69, 9.17) is 4.74 Å². The normalized spacial score (nSPS) is 12.6. The fourth-order valence-electron chi connectivity index (χ4n) is 8.75. The number of aliphatic hydroxyl groups excluding tert-OH is 2. The minimum atomic E-state index is -0.861. The first-order valence-corrected chi connectivity index (χ1v) is 28.0. The molecule has 368 valence electrons. The molecule has 0 aliphatic rings. The Balaban J connectivity index is 3.50. The average Bonchev–Trinajstić information content (AvgIpc) is 3.27. The first kappa shape index (κ1) is 60.6. The van der Waals surface area contributed by atoms with Crippen molar-refractivity contribution in [3.63, 3.8) is 0 Å². The number of allylic oxidation sites excluding steroid dienone is 1. The molecule has 0 aromatic carbocycles. The van der Waals surface area contributed by atoms with Crippen LogP contribution in [0.3, 0.4) is 0 Å². The zero-order valence-electron chi connectivity index (χ0n) is 41.9. The molecule has 6 heteroatoms. The first-order chi connectivity index (χ1) is 30.5. The van der Waals surface area contributed by atoms with Crippen LogP contribution in [0.25, 0.3) is 0 Å². The summed E-state index contributed by atoms with van der Waals surface area (Å²) in [5.41, 5.74) is 0. The summed E-state index contributed by atoms with van der Waals surface area (Å²) in [6.07, 6.45) is 60.8. The Morgan fingerprint density at radius 1 is 0.435 bits per heavy atom. The van der Waals surface area contributed by atoms with E-state index in [1.54, 1.807) is 6.08 Å². The lowest BCUT2D eigenvalue weighted by atomic mass is 10.0. The monoisotopic (exact) mass is 876 g/mol. The molecule has 0 heterocycles. The molecule has 0 rings (SSSR count). The second-order valence-electron chi connectivity index (χ2n) is 19.3. The summed E-state index contributed by atoms with van der Waals surface area (Å²) in [5.74, 6) is -0.115. The standard InChI is InChI=1S/C56H109NO5/c1-3-5-7-9-11-13-15-17-19-21-22-23-24-25-27-29-32-36-40-44-48-54(59)53(52-58)57-55(60)49-45-41-37-33-31-35-39-43-47-51-62-56(61)50-46-42-38-34-30-28-26-20-18-16-14-12-10-8-6-4-2/h44,48,53-54,58-59H,3-43,45-47,49-52H2,1-2H3,(H,57,60)/b48-44+. The van der Waals surface area contributed by atoms with Crippen molar-refractivity contribution in [3.05, 3.63) is 12.2 Å². The summed E-state index contributed by atoms with van der Waals surface area (Å²) in [4.78, 5) is 24.5. The molecule has 0 aliphatic heterocycles. The molecule has 2 unspecified atom stereocenters. The average molecular weight is 876 g/mol. The highest BCUT2D eigenvalue weighted by atomic mass is 16.5. The predicted octanol–water partition coefficient (Wildman–Crippen LogP) is 16.9. The first-order valence-electron chi connectivity index (χ1n) is 28.0. The van der Waals surface area contributed by atoms with Gasteiger partial charge in [0.25, 0.3) is 0 Å². The number of hydrogen-bond donors (Lipinski definition) is 3. The Kier molecular flexibility index (Phi) is 51.0. The van der Waals surface area contributed by atoms with Crippen LogP contribution in [0, 0.1) is 0 Å². The minimum absolute atomic E-state index is 0.0230. The fourth-order valence-corrected chi connectivity index (χ4v) is 8.75. The quantitative estimate of drug-likeness (QED) is 0.0321. The van der Waals surface area contributed by atoms with E-state index in [2.05, 4.69) is 19.2 Å². The molecule has 0 aromatic rings. The number of amides is 1. The second-order valence-corrected chi connectivity index (χ2v) is 19.3. The fraction of sp³-hybridized carbons (Fsp3) is 0.929. The van der Waals surface area contributed by atoms with Crippen LogP contribution in [0.1, 0.15) is 309 Å². The van der Waals surface area contributed by atoms with Crippen LogP contribution < -0.4 is 5.32 Å². The van der Waals surface area contributed by atoms with E-state index in [1.165, 1.54) is 225 Å². The molecular weight excluding hydrogens is 767 g/mol. The number of unbranched alkanes of at least 4 members (excludes halogenated alkanes) is 41. The highest BCUT2D eigenvalue weighted by Crippen LogP contribution is 2.17. The van der Waals surface area contributed by atoms with Crippen molar-refractivity contribution in [2.24, 2.45) is 0 Å². The summed E-state index contributed by atoms with van der Waals surface area (Å²) in [5, 5.41) is 23.1. The molecule has 0 saturated heterocycles. The zero-order valence-corrected chi connectivity index (χ0v) is 41.9. The molecule has 0 fully saturated rings. The van der Waals surface area contributed by atoms with E-state index >= 15 is 0 Å². The number of rotatable bonds is 52. The van der Waals surface area contributed by atoms with Gasteiger partial charge in [-0.25, -0.2) is 0 Å². The van der Waals surface area contributed by atoms with Gasteiger partial charge in [-0.05, 0) is 32.1 Å². The van der Waals surface area contributed by atoms with Crippen LogP contribution in [0.4, 0.5) is 0 Å². The van der Waals surface area contributed by atoms with Gasteiger partial charge in [-0.15, -0.1) is 0 Å². The number of carbonyl (C=O) groups is 2. The van der Waals surface area contributed by atoms with Crippen LogP contribution in [0.5, 0.6) is 0 Å². The van der Waals surface area contributed by atoms with E-state index in [1.807, 2.05) is 6.08 Å². The molecule has 0 spiro atoms. The van der Waals surface area contributed by atoms with Gasteiger partial charge >= 0.3 is 5.97 Å². The summed E-state index contributed by atoms with van der Waals surface area (Å²) in [6.45, 7) is 4.86. The van der Waals surface area contributed by atoms with Gasteiger partial charge in [0.1, 0.15) is 0 Å². The van der Waals surface area contributed by atoms with Crippen LogP contribution in [-0.2, 0) is 14.3 Å². The number of esters is 1. The van der Waals surface area contributed by atoms with Crippen LogP contribution >= 0.6 is 0 Å². The Labute approximate surface area is 387 Å². The van der Waals surface area contributed by atoms with Gasteiger partial charge in [-0.1, -0.05) is 276 Å². The van der Waals surface area contributed by atoms with Gasteiger partial charge in [0.15, 0.2) is 0 Å². The number of ether oxygens (including phenoxy) is 1. The smallest absolute Gasteiger partial charge is 0.305 e. The number of nitrogens with one attached hydrogen (secondary N) is 1. The maximum absolute atomic E-state index is 12.5. The second kappa shape index (κ2) is 52.2. The SMILES string of the molecule is CCCCCCCCCCCCCCCCCCCC/C=C/C(O)C(CO)NC(=O)CCCCCCCCCCCOC(=O)CCCCCCCCCCCCCCCCCC. The largest absolute Gasteiger partial charge is 0.466 e. The van der Waals surface area contributed by atoms with E-state index in [0.717, 1.165) is 57.8 Å². The van der Waals surface area contributed by atoms with Gasteiger partial charge in [0.05, 0.1) is 25.4 Å². The number of carbonyl (C=O) groups excluding carboxylic acids is 2. The minimum Gasteiger partial charge on any atom is -0.466 e. The molecule has 0 radical (unpaired) electrons. The molecule has 6 nitrogen and oxygen atoms in total. The summed E-state index contributed by atoms with van der Waals surface area (Å²) < 4.78 is 5.46. The summed E-state index contributed by atoms with van der Waals surface area (Å²) >= 11 is 0. The molecule has 3 N–H and O–H groups in total. The van der Waals surface area contributed by atoms with Crippen LogP contribution in [0.2, 0.25) is 0 Å². The predicted molar refractivity (Wildman–Crippen MR) is 269 cm³/mol. The van der Waals surface area contributed by atoms with E-state index in [9.17, 15) is 19.8 Å². The Morgan fingerprint density at radius 2 is 0.742 bits per heavy atom. The van der Waals surface area contributed by atoms with Crippen LogP contribution in [-0.4, -0.2) is 47.4 Å². The van der Waals surface area contributed by atoms with Crippen molar-refractivity contribution < 1.29 is 24.5 Å². The van der Waals surface area contributed by atoms with E-state index in [-0.39, 0.29) is 18.5 Å². The van der Waals surface area contributed by atoms with Crippen LogP contribution in [0.15, 0.2) is 12.2 Å². The van der Waals surface area contributed by atoms with Gasteiger partial charge in [-0.3, -0.25) is 9.59 Å². The topological polar surface area (TPSA) is 95.9 Å². The maximum atomic E-state index is 12.5. The molecular formula is C56H109NO5. The molecule has 1 amide bonds. The third-order valence-electron chi connectivity index (χ3n) is 13.1. The lowest BCUT2D eigenvalue weighted by molar-refractivity contribution is -0.143. The Morgan fingerprint density at radius 3 is 1.10 bits per heavy atom. The summed E-state index contributed by atoms with van der Waals surface area (Å²) in [6, 6.07) is -0.647. The lowest BCUT2D eigenvalue weighted by Gasteiger charge is -2.20. The van der Waals surface area contributed by atoms with Crippen molar-refractivity contribution in [2.75, 3.05) is 13.2 Å². The van der Waals surface area contributed by atoms with Crippen molar-refractivity contribution in [1.29, 1.82) is 0 Å². The van der Waals surface area contributed by atoms with Crippen molar-refractivity contribution in [2.45, 2.75) is 321 Å². The highest BCUT2D eigenvalue weighted by molar-refractivity contribution is 5.76. The van der Waals surface area contributed by atoms with Gasteiger partial charge < -0.3 is 20.3 Å². The molecule has 0 bridgehead atoms. The molecule has 0 aliphatic carbocycles. The number of hydrogen-bond acceptors (Lipinski definition) is 5. The lowest BCUT2D eigenvalue weighted by Crippen LogP contribution is -2.45. The van der Waals surface area contributed by atoms with Gasteiger partial charge in [-0.2, -0.15) is 0 Å². The molecule has 0 saturated carbocycles. The highest BCUT2D eigenvalue weighted by Gasteiger charge is 2.18. The number of aliphatic hydroxyl groups is 2. The summed E-state index contributed by atoms with van der Waals surface area (Å²) in [7, 11) is 0. The van der Waals surface area contributed by atoms with Gasteiger partial charge in [0.2, 0.25) is 5.91 Å². The molecule has 0 aromatic heterocycles. The van der Waals surface area contributed by atoms with Gasteiger partial charge in [0, 0.05) is 12.8 Å². The molecule has 2 atom stereocenters. The third kappa shape index (κ3) is 48.1. The van der Waals surface area contributed by atoms with E-state index in [0.29, 0.717) is 19.4 Å². The Hall–Kier alpha value is -1.40. The third-order valence-corrected chi connectivity index (χ3v) is 13.1. The molecule has 62 heavy (non-hydrogen) atoms. The maximum Gasteiger partial charge on any atom is 0.305 e. The Bertz CT molecular complexity index is 924. The van der Waals surface area contributed by atoms with Crippen molar-refractivity contribution in [1.82, 2.24) is 5.32 Å². The van der Waals surface area contributed by atoms with E-state index < -0.39 is 12.1 Å². The van der Waals surface area contributed by atoms with Crippen molar-refractivity contribution >= 4 is 11.9 Å².